The summed E-state index contributed by atoms with van der Waals surface area (Å²) in [6, 6.07) is 23.6. The number of amides is 1. The van der Waals surface area contributed by atoms with Crippen LogP contribution >= 0.6 is 0 Å². The molecule has 2 aromatic carbocycles. The number of carbonyl (C=O) groups is 1. The number of nitrogens with one attached hydrogen (secondary N) is 1. The number of carbonyl (C=O) groups excluding carboxylic acids is 1. The summed E-state index contributed by atoms with van der Waals surface area (Å²) in [7, 11) is 0. The summed E-state index contributed by atoms with van der Waals surface area (Å²) in [5.41, 5.74) is 7.63. The maximum Gasteiger partial charge on any atom is 0.271 e. The van der Waals surface area contributed by atoms with Gasteiger partial charge in [0.2, 0.25) is 0 Å². The number of nitrogens with zero attached hydrogens (tertiary/aromatic N) is 5. The summed E-state index contributed by atoms with van der Waals surface area (Å²) in [5, 5.41) is 17.6. The Kier molecular flexibility index (Phi) is 6.44. The van der Waals surface area contributed by atoms with Crippen LogP contribution in [0.3, 0.4) is 0 Å². The van der Waals surface area contributed by atoms with Crippen molar-refractivity contribution >= 4 is 12.1 Å². The summed E-state index contributed by atoms with van der Waals surface area (Å²) in [5.74, 6) is -0.325. The molecule has 0 atom stereocenters. The second-order valence-electron chi connectivity index (χ2n) is 6.98. The maximum absolute atomic E-state index is 12.2. The highest BCUT2D eigenvalue weighted by Crippen LogP contribution is 2.25. The Balaban J connectivity index is 1.58. The van der Waals surface area contributed by atoms with Crippen LogP contribution in [0, 0.1) is 11.3 Å². The molecule has 4 aromatic rings. The monoisotopic (exact) mass is 420 g/mol. The van der Waals surface area contributed by atoms with E-state index in [2.05, 4.69) is 38.8 Å². The number of hydrazone groups is 1. The molecule has 0 radical (unpaired) electrons. The average Bonchev–Trinajstić information content (AvgIpc) is 3.26. The third-order valence-corrected chi connectivity index (χ3v) is 4.82. The molecule has 0 bridgehead atoms. The maximum atomic E-state index is 12.2. The predicted molar refractivity (Wildman–Crippen MR) is 123 cm³/mol. The topological polar surface area (TPSA) is 96.0 Å². The van der Waals surface area contributed by atoms with E-state index < -0.39 is 0 Å². The van der Waals surface area contributed by atoms with Gasteiger partial charge in [-0.25, -0.2) is 5.43 Å². The molecule has 156 valence electrons. The zero-order valence-electron chi connectivity index (χ0n) is 17.2. The molecule has 0 saturated heterocycles. The van der Waals surface area contributed by atoms with Crippen LogP contribution in [0.4, 0.5) is 0 Å². The molecule has 0 aliphatic rings. The molecule has 0 aliphatic carbocycles. The van der Waals surface area contributed by atoms with Crippen LogP contribution in [-0.2, 0) is 6.54 Å². The van der Waals surface area contributed by atoms with E-state index in [0.717, 1.165) is 27.9 Å². The van der Waals surface area contributed by atoms with Crippen molar-refractivity contribution in [2.75, 3.05) is 0 Å². The molecule has 0 spiro atoms. The molecule has 1 N–H and O–H groups in total. The van der Waals surface area contributed by atoms with Crippen molar-refractivity contribution in [1.29, 1.82) is 5.26 Å². The molecule has 0 unspecified atom stereocenters. The van der Waals surface area contributed by atoms with Crippen LogP contribution < -0.4 is 5.43 Å². The number of pyridine rings is 1. The Morgan fingerprint density at radius 3 is 2.41 bits per heavy atom. The Bertz CT molecular complexity index is 1260. The van der Waals surface area contributed by atoms with E-state index in [4.69, 9.17) is 5.26 Å². The van der Waals surface area contributed by atoms with Crippen molar-refractivity contribution in [3.63, 3.8) is 0 Å². The lowest BCUT2D eigenvalue weighted by atomic mass is 10.0. The lowest BCUT2D eigenvalue weighted by Gasteiger charge is -2.04. The summed E-state index contributed by atoms with van der Waals surface area (Å²) in [6.45, 7) is 0.475. The van der Waals surface area contributed by atoms with Gasteiger partial charge in [-0.15, -0.1) is 0 Å². The van der Waals surface area contributed by atoms with E-state index in [1.165, 1.54) is 0 Å². The van der Waals surface area contributed by atoms with Gasteiger partial charge in [-0.2, -0.15) is 15.5 Å². The van der Waals surface area contributed by atoms with Crippen LogP contribution in [0.1, 0.15) is 22.3 Å². The van der Waals surface area contributed by atoms with Gasteiger partial charge in [0, 0.05) is 35.3 Å². The Labute approximate surface area is 185 Å². The highest BCUT2D eigenvalue weighted by molar-refractivity contribution is 5.95. The van der Waals surface area contributed by atoms with Gasteiger partial charge in [-0.05, 0) is 23.3 Å². The van der Waals surface area contributed by atoms with Gasteiger partial charge >= 0.3 is 0 Å². The van der Waals surface area contributed by atoms with E-state index in [1.54, 1.807) is 35.4 Å². The van der Waals surface area contributed by atoms with Gasteiger partial charge in [-0.3, -0.25) is 14.5 Å². The second kappa shape index (κ2) is 9.96. The first kappa shape index (κ1) is 20.7. The Hall–Kier alpha value is -4.57. The van der Waals surface area contributed by atoms with Crippen molar-refractivity contribution < 1.29 is 4.79 Å². The summed E-state index contributed by atoms with van der Waals surface area (Å²) in [6.07, 6.45) is 6.84. The summed E-state index contributed by atoms with van der Waals surface area (Å²) >= 11 is 0. The summed E-state index contributed by atoms with van der Waals surface area (Å²) in [4.78, 5) is 16.1. The second-order valence-corrected chi connectivity index (χ2v) is 6.98. The number of aromatic nitrogens is 3. The smallest absolute Gasteiger partial charge is 0.270 e. The predicted octanol–water partition coefficient (Wildman–Crippen LogP) is 4.29. The van der Waals surface area contributed by atoms with Crippen LogP contribution in [-0.4, -0.2) is 26.9 Å². The third kappa shape index (κ3) is 4.94. The molecular formula is C25H20N6O. The SMILES string of the molecule is N#CCCn1cc(C=NNC(=O)c2ccncc2)c(-c2ccc(-c3ccccc3)cc2)n1. The van der Waals surface area contributed by atoms with Crippen molar-refractivity contribution in [2.24, 2.45) is 5.10 Å². The number of aryl methyl sites for hydroxylation is 1. The van der Waals surface area contributed by atoms with Crippen molar-refractivity contribution in [2.45, 2.75) is 13.0 Å². The zero-order valence-corrected chi connectivity index (χ0v) is 17.2. The lowest BCUT2D eigenvalue weighted by Crippen LogP contribution is -2.17. The molecule has 32 heavy (non-hydrogen) atoms. The quantitative estimate of drug-likeness (QED) is 0.356. The minimum absolute atomic E-state index is 0.325. The number of benzene rings is 2. The third-order valence-electron chi connectivity index (χ3n) is 4.82. The van der Waals surface area contributed by atoms with Gasteiger partial charge in [-0.1, -0.05) is 54.6 Å². The molecule has 0 aliphatic heterocycles. The van der Waals surface area contributed by atoms with Crippen molar-refractivity contribution in [3.05, 3.63) is 96.4 Å². The number of hydrogen-bond acceptors (Lipinski definition) is 5. The van der Waals surface area contributed by atoms with E-state index in [0.29, 0.717) is 18.5 Å². The summed E-state index contributed by atoms with van der Waals surface area (Å²) < 4.78 is 1.72. The van der Waals surface area contributed by atoms with E-state index >= 15 is 0 Å². The fourth-order valence-electron chi connectivity index (χ4n) is 3.21. The van der Waals surface area contributed by atoms with E-state index in [9.17, 15) is 4.79 Å². The van der Waals surface area contributed by atoms with Gasteiger partial charge in [0.25, 0.3) is 5.91 Å². The normalized spacial score (nSPS) is 10.7. The fourth-order valence-corrected chi connectivity index (χ4v) is 3.21. The first-order chi connectivity index (χ1) is 15.7. The van der Waals surface area contributed by atoms with Gasteiger partial charge < -0.3 is 0 Å². The molecule has 0 fully saturated rings. The number of rotatable bonds is 7. The van der Waals surface area contributed by atoms with Crippen molar-refractivity contribution in [3.8, 4) is 28.5 Å². The first-order valence-corrected chi connectivity index (χ1v) is 10.1. The molecule has 2 aromatic heterocycles. The zero-order chi connectivity index (χ0) is 22.2. The van der Waals surface area contributed by atoms with Crippen LogP contribution in [0.2, 0.25) is 0 Å². The lowest BCUT2D eigenvalue weighted by molar-refractivity contribution is 0.0955. The number of nitriles is 1. The largest absolute Gasteiger partial charge is 0.271 e. The minimum atomic E-state index is -0.325. The molecule has 4 rings (SSSR count). The molecule has 2 heterocycles. The Morgan fingerprint density at radius 2 is 1.69 bits per heavy atom. The molecule has 0 saturated carbocycles. The molecular weight excluding hydrogens is 400 g/mol. The van der Waals surface area contributed by atoms with Gasteiger partial charge in [0.1, 0.15) is 5.69 Å². The molecule has 7 nitrogen and oxygen atoms in total. The van der Waals surface area contributed by atoms with Crippen LogP contribution in [0.5, 0.6) is 0 Å². The van der Waals surface area contributed by atoms with E-state index in [1.807, 2.05) is 48.7 Å². The van der Waals surface area contributed by atoms with Gasteiger partial charge in [0.15, 0.2) is 0 Å². The molecule has 7 heteroatoms. The highest BCUT2D eigenvalue weighted by Gasteiger charge is 2.11. The molecule has 1 amide bonds. The van der Waals surface area contributed by atoms with Gasteiger partial charge in [0.05, 0.1) is 25.2 Å². The standard InChI is InChI=1S/C25H20N6O/c26-13-4-16-31-18-23(17-28-29-25(32)22-11-14-27-15-12-22)24(30-31)21-9-7-20(8-10-21)19-5-2-1-3-6-19/h1-3,5-12,14-15,17-18H,4,16H2,(H,29,32). The first-order valence-electron chi connectivity index (χ1n) is 10.1. The Morgan fingerprint density at radius 1 is 1.00 bits per heavy atom. The van der Waals surface area contributed by atoms with Crippen molar-refractivity contribution in [1.82, 2.24) is 20.2 Å². The van der Waals surface area contributed by atoms with Crippen LogP contribution in [0.15, 0.2) is 90.4 Å². The minimum Gasteiger partial charge on any atom is -0.270 e. The number of hydrogen-bond donors (Lipinski definition) is 1. The fraction of sp³-hybridized carbons (Fsp3) is 0.0800. The highest BCUT2D eigenvalue weighted by atomic mass is 16.2. The van der Waals surface area contributed by atoms with Crippen LogP contribution in [0.25, 0.3) is 22.4 Å². The average molecular weight is 420 g/mol. The van der Waals surface area contributed by atoms with E-state index in [-0.39, 0.29) is 5.91 Å².